The molecule has 0 spiro atoms. The third-order valence-corrected chi connectivity index (χ3v) is 3.49. The minimum Gasteiger partial charge on any atom is -0.493 e. The molecule has 0 aliphatic carbocycles. The second-order valence-corrected chi connectivity index (χ2v) is 4.79. The molecule has 2 rings (SSSR count). The van der Waals surface area contributed by atoms with Crippen LogP contribution in [0.1, 0.15) is 0 Å². The Morgan fingerprint density at radius 1 is 1.11 bits per heavy atom. The molecule has 5 nitrogen and oxygen atoms in total. The highest BCUT2D eigenvalue weighted by atomic mass is 16.5. The molecule has 1 saturated heterocycles. The van der Waals surface area contributed by atoms with Crippen LogP contribution in [0.2, 0.25) is 0 Å². The topological polar surface area (TPSA) is 43.0 Å². The highest BCUT2D eigenvalue weighted by Gasteiger charge is 2.20. The lowest BCUT2D eigenvalue weighted by molar-refractivity contribution is 0.324. The van der Waals surface area contributed by atoms with Crippen molar-refractivity contribution in [1.82, 2.24) is 5.32 Å². The highest BCUT2D eigenvalue weighted by molar-refractivity contribution is 5.63. The average molecular weight is 266 g/mol. The smallest absolute Gasteiger partial charge is 0.203 e. The fourth-order valence-electron chi connectivity index (χ4n) is 2.26. The molecular weight excluding hydrogens is 244 g/mol. The summed E-state index contributed by atoms with van der Waals surface area (Å²) in [7, 11) is 6.97. The molecule has 1 N–H and O–H groups in total. The zero-order chi connectivity index (χ0) is 13.8. The van der Waals surface area contributed by atoms with Crippen LogP contribution >= 0.6 is 0 Å². The third kappa shape index (κ3) is 2.87. The standard InChI is InChI=1S/C14H22N2O3/c1-16(9-10-7-15-8-10)11-5-12(17-2)14(19-4)13(6-11)18-3/h5-6,10,15H,7-9H2,1-4H3. The van der Waals surface area contributed by atoms with E-state index in [0.29, 0.717) is 23.2 Å². The van der Waals surface area contributed by atoms with E-state index in [4.69, 9.17) is 14.2 Å². The number of nitrogens with zero attached hydrogens (tertiary/aromatic N) is 1. The third-order valence-electron chi connectivity index (χ3n) is 3.49. The van der Waals surface area contributed by atoms with Crippen LogP contribution in [-0.2, 0) is 0 Å². The van der Waals surface area contributed by atoms with Gasteiger partial charge in [0.2, 0.25) is 5.75 Å². The first-order valence-corrected chi connectivity index (χ1v) is 6.41. The van der Waals surface area contributed by atoms with Crippen LogP contribution in [0.15, 0.2) is 12.1 Å². The van der Waals surface area contributed by atoms with Crippen molar-refractivity contribution < 1.29 is 14.2 Å². The molecule has 1 heterocycles. The van der Waals surface area contributed by atoms with Crippen molar-refractivity contribution in [3.63, 3.8) is 0 Å². The van der Waals surface area contributed by atoms with E-state index in [-0.39, 0.29) is 0 Å². The predicted molar refractivity (Wildman–Crippen MR) is 75.7 cm³/mol. The molecular formula is C14H22N2O3. The van der Waals surface area contributed by atoms with Gasteiger partial charge in [0.05, 0.1) is 21.3 Å². The van der Waals surface area contributed by atoms with Crippen LogP contribution in [0.3, 0.4) is 0 Å². The molecule has 1 aliphatic rings. The summed E-state index contributed by atoms with van der Waals surface area (Å²) in [6.45, 7) is 3.20. The first-order chi connectivity index (χ1) is 9.19. The van der Waals surface area contributed by atoms with Crippen molar-refractivity contribution in [2.45, 2.75) is 0 Å². The van der Waals surface area contributed by atoms with Crippen molar-refractivity contribution in [2.24, 2.45) is 5.92 Å². The minimum atomic E-state index is 0.632. The van der Waals surface area contributed by atoms with Crippen molar-refractivity contribution in [3.05, 3.63) is 12.1 Å². The lowest BCUT2D eigenvalue weighted by atomic mass is 10.0. The molecule has 1 aromatic rings. The van der Waals surface area contributed by atoms with Gasteiger partial charge in [-0.2, -0.15) is 0 Å². The van der Waals surface area contributed by atoms with E-state index >= 15 is 0 Å². The van der Waals surface area contributed by atoms with Crippen LogP contribution in [0.5, 0.6) is 17.2 Å². The molecule has 0 unspecified atom stereocenters. The van der Waals surface area contributed by atoms with Crippen molar-refractivity contribution in [2.75, 3.05) is 52.9 Å². The van der Waals surface area contributed by atoms with Gasteiger partial charge < -0.3 is 24.4 Å². The zero-order valence-electron chi connectivity index (χ0n) is 12.0. The number of hydrogen-bond donors (Lipinski definition) is 1. The van der Waals surface area contributed by atoms with E-state index in [0.717, 1.165) is 25.3 Å². The van der Waals surface area contributed by atoms with Gasteiger partial charge in [-0.1, -0.05) is 0 Å². The van der Waals surface area contributed by atoms with Gasteiger partial charge in [-0.25, -0.2) is 0 Å². The molecule has 5 heteroatoms. The number of ether oxygens (including phenoxy) is 3. The summed E-state index contributed by atoms with van der Waals surface area (Å²) in [6.07, 6.45) is 0. The SMILES string of the molecule is COc1cc(N(C)CC2CNC2)cc(OC)c1OC. The molecule has 1 aliphatic heterocycles. The van der Waals surface area contributed by atoms with Crippen molar-refractivity contribution in [1.29, 1.82) is 0 Å². The van der Waals surface area contributed by atoms with Gasteiger partial charge >= 0.3 is 0 Å². The number of nitrogens with one attached hydrogen (secondary N) is 1. The Morgan fingerprint density at radius 2 is 1.68 bits per heavy atom. The fourth-order valence-corrected chi connectivity index (χ4v) is 2.26. The Morgan fingerprint density at radius 3 is 2.05 bits per heavy atom. The van der Waals surface area contributed by atoms with E-state index in [1.165, 1.54) is 0 Å². The van der Waals surface area contributed by atoms with Gasteiger partial charge in [0, 0.05) is 50.4 Å². The zero-order valence-corrected chi connectivity index (χ0v) is 12.0. The Bertz CT molecular complexity index is 408. The van der Waals surface area contributed by atoms with Crippen LogP contribution in [-0.4, -0.2) is 48.0 Å². The van der Waals surface area contributed by atoms with Crippen LogP contribution in [0, 0.1) is 5.92 Å². The van der Waals surface area contributed by atoms with Crippen LogP contribution < -0.4 is 24.4 Å². The fraction of sp³-hybridized carbons (Fsp3) is 0.571. The number of benzene rings is 1. The Labute approximate surface area is 114 Å². The summed E-state index contributed by atoms with van der Waals surface area (Å²) in [6, 6.07) is 3.96. The highest BCUT2D eigenvalue weighted by Crippen LogP contribution is 2.40. The maximum Gasteiger partial charge on any atom is 0.203 e. The summed E-state index contributed by atoms with van der Waals surface area (Å²) in [4.78, 5) is 2.22. The molecule has 1 fully saturated rings. The largest absolute Gasteiger partial charge is 0.493 e. The second kappa shape index (κ2) is 6.02. The van der Waals surface area contributed by atoms with E-state index < -0.39 is 0 Å². The van der Waals surface area contributed by atoms with Gasteiger partial charge in [-0.05, 0) is 0 Å². The van der Waals surface area contributed by atoms with Crippen molar-refractivity contribution in [3.8, 4) is 17.2 Å². The summed E-state index contributed by atoms with van der Waals surface area (Å²) in [5.41, 5.74) is 1.07. The number of hydrogen-bond acceptors (Lipinski definition) is 5. The monoisotopic (exact) mass is 266 g/mol. The molecule has 0 amide bonds. The minimum absolute atomic E-state index is 0.632. The average Bonchev–Trinajstić information content (AvgIpc) is 2.40. The van der Waals surface area contributed by atoms with Gasteiger partial charge in [0.15, 0.2) is 11.5 Å². The maximum absolute atomic E-state index is 5.37. The van der Waals surface area contributed by atoms with Gasteiger partial charge in [0.1, 0.15) is 0 Å². The molecule has 0 bridgehead atoms. The van der Waals surface area contributed by atoms with Gasteiger partial charge in [0.25, 0.3) is 0 Å². The Balaban J connectivity index is 2.23. The van der Waals surface area contributed by atoms with E-state index in [9.17, 15) is 0 Å². The number of anilines is 1. The van der Waals surface area contributed by atoms with Crippen LogP contribution in [0.4, 0.5) is 5.69 Å². The summed E-state index contributed by atoms with van der Waals surface area (Å²) < 4.78 is 16.1. The van der Waals surface area contributed by atoms with E-state index in [1.807, 2.05) is 12.1 Å². The summed E-state index contributed by atoms with van der Waals surface area (Å²) in [5.74, 6) is 2.72. The molecule has 0 saturated carbocycles. The molecule has 0 aromatic heterocycles. The van der Waals surface area contributed by atoms with E-state index in [2.05, 4.69) is 17.3 Å². The van der Waals surface area contributed by atoms with E-state index in [1.54, 1.807) is 21.3 Å². The number of rotatable bonds is 6. The predicted octanol–water partition coefficient (Wildman–Crippen LogP) is 1.37. The van der Waals surface area contributed by atoms with Crippen LogP contribution in [0.25, 0.3) is 0 Å². The molecule has 106 valence electrons. The molecule has 0 radical (unpaired) electrons. The first kappa shape index (κ1) is 13.8. The maximum atomic E-state index is 5.37. The lowest BCUT2D eigenvalue weighted by Gasteiger charge is -2.32. The molecule has 19 heavy (non-hydrogen) atoms. The second-order valence-electron chi connectivity index (χ2n) is 4.79. The Kier molecular flexibility index (Phi) is 4.37. The quantitative estimate of drug-likeness (QED) is 0.842. The molecule has 0 atom stereocenters. The summed E-state index contributed by atoms with van der Waals surface area (Å²) >= 11 is 0. The molecule has 1 aromatic carbocycles. The number of methoxy groups -OCH3 is 3. The first-order valence-electron chi connectivity index (χ1n) is 6.41. The Hall–Kier alpha value is -1.62. The van der Waals surface area contributed by atoms with Gasteiger partial charge in [-0.3, -0.25) is 0 Å². The normalized spacial score (nSPS) is 14.7. The summed E-state index contributed by atoms with van der Waals surface area (Å²) in [5, 5.41) is 3.29. The van der Waals surface area contributed by atoms with Crippen molar-refractivity contribution >= 4 is 5.69 Å². The van der Waals surface area contributed by atoms with Gasteiger partial charge in [-0.15, -0.1) is 0 Å². The lowest BCUT2D eigenvalue weighted by Crippen LogP contribution is -2.47.